The molecule has 0 amide bonds. The van der Waals surface area contributed by atoms with Gasteiger partial charge in [-0.25, -0.2) is 4.98 Å². The summed E-state index contributed by atoms with van der Waals surface area (Å²) < 4.78 is 7.16. The van der Waals surface area contributed by atoms with Crippen LogP contribution in [0.3, 0.4) is 0 Å². The number of hydrogen-bond acceptors (Lipinski definition) is 6. The van der Waals surface area contributed by atoms with Crippen molar-refractivity contribution in [3.05, 3.63) is 53.1 Å². The minimum absolute atomic E-state index is 0.656. The Balaban J connectivity index is 1.63. The largest absolute Gasteiger partial charge is 0.383 e. The van der Waals surface area contributed by atoms with Crippen molar-refractivity contribution in [3.63, 3.8) is 0 Å². The number of thiazole rings is 1. The van der Waals surface area contributed by atoms with E-state index in [0.29, 0.717) is 6.61 Å². The maximum atomic E-state index is 5.13. The zero-order valence-electron chi connectivity index (χ0n) is 14.8. The predicted octanol–water partition coefficient (Wildman–Crippen LogP) is 2.99. The van der Waals surface area contributed by atoms with Gasteiger partial charge >= 0.3 is 0 Å². The van der Waals surface area contributed by atoms with Crippen molar-refractivity contribution in [1.29, 1.82) is 0 Å². The number of nitrogens with zero attached hydrogens (tertiary/aromatic N) is 5. The summed E-state index contributed by atoms with van der Waals surface area (Å²) in [6, 6.07) is 8.36. The minimum Gasteiger partial charge on any atom is -0.383 e. The van der Waals surface area contributed by atoms with Crippen molar-refractivity contribution >= 4 is 11.3 Å². The monoisotopic (exact) mass is 357 g/mol. The molecule has 0 N–H and O–H groups in total. The molecule has 0 atom stereocenters. The molecule has 2 aromatic heterocycles. The lowest BCUT2D eigenvalue weighted by molar-refractivity contribution is 0.184. The Morgan fingerprint density at radius 2 is 2.08 bits per heavy atom. The van der Waals surface area contributed by atoms with Crippen molar-refractivity contribution in [2.24, 2.45) is 0 Å². The molecule has 0 saturated carbocycles. The van der Waals surface area contributed by atoms with Crippen molar-refractivity contribution in [2.75, 3.05) is 20.8 Å². The minimum atomic E-state index is 0.656. The molecule has 2 heterocycles. The van der Waals surface area contributed by atoms with Crippen LogP contribution in [-0.2, 0) is 24.4 Å². The SMILES string of the molecule is COCCn1cnnc1CN(C)Cc1cnc(-c2ccccc2C)s1. The van der Waals surface area contributed by atoms with Crippen LogP contribution < -0.4 is 0 Å². The molecule has 3 aromatic rings. The maximum Gasteiger partial charge on any atom is 0.147 e. The van der Waals surface area contributed by atoms with Crippen LogP contribution in [-0.4, -0.2) is 45.4 Å². The van der Waals surface area contributed by atoms with E-state index in [1.54, 1.807) is 24.8 Å². The molecule has 132 valence electrons. The normalized spacial score (nSPS) is 11.4. The van der Waals surface area contributed by atoms with Gasteiger partial charge < -0.3 is 9.30 Å². The summed E-state index contributed by atoms with van der Waals surface area (Å²) in [4.78, 5) is 8.06. The highest BCUT2D eigenvalue weighted by atomic mass is 32.1. The van der Waals surface area contributed by atoms with E-state index < -0.39 is 0 Å². The fourth-order valence-electron chi connectivity index (χ4n) is 2.66. The zero-order valence-corrected chi connectivity index (χ0v) is 15.7. The lowest BCUT2D eigenvalue weighted by Crippen LogP contribution is -2.20. The molecule has 1 aromatic carbocycles. The second kappa shape index (κ2) is 8.33. The number of aryl methyl sites for hydroxylation is 1. The molecule has 7 heteroatoms. The lowest BCUT2D eigenvalue weighted by atomic mass is 10.1. The molecular formula is C18H23N5OS. The van der Waals surface area contributed by atoms with E-state index in [4.69, 9.17) is 4.74 Å². The molecule has 0 unspecified atom stereocenters. The molecule has 0 fully saturated rings. The Morgan fingerprint density at radius 3 is 2.88 bits per heavy atom. The van der Waals surface area contributed by atoms with Crippen molar-refractivity contribution < 1.29 is 4.74 Å². The summed E-state index contributed by atoms with van der Waals surface area (Å²) >= 11 is 1.74. The first-order valence-electron chi connectivity index (χ1n) is 8.22. The second-order valence-electron chi connectivity index (χ2n) is 6.05. The Morgan fingerprint density at radius 1 is 1.24 bits per heavy atom. The van der Waals surface area contributed by atoms with Crippen LogP contribution in [0.1, 0.15) is 16.3 Å². The van der Waals surface area contributed by atoms with Crippen LogP contribution in [0.25, 0.3) is 10.6 Å². The summed E-state index contributed by atoms with van der Waals surface area (Å²) in [6.07, 6.45) is 3.73. The van der Waals surface area contributed by atoms with Gasteiger partial charge in [-0.1, -0.05) is 24.3 Å². The Hall–Kier alpha value is -2.09. The molecule has 0 aliphatic carbocycles. The van der Waals surface area contributed by atoms with Gasteiger partial charge in [0.15, 0.2) is 0 Å². The van der Waals surface area contributed by atoms with Gasteiger partial charge in [-0.15, -0.1) is 21.5 Å². The summed E-state index contributed by atoms with van der Waals surface area (Å²) in [5.74, 6) is 0.947. The molecular weight excluding hydrogens is 334 g/mol. The zero-order chi connectivity index (χ0) is 17.6. The summed E-state index contributed by atoms with van der Waals surface area (Å²) in [5, 5.41) is 9.30. The first-order chi connectivity index (χ1) is 12.2. The number of methoxy groups -OCH3 is 1. The van der Waals surface area contributed by atoms with Gasteiger partial charge in [-0.2, -0.15) is 0 Å². The highest BCUT2D eigenvalue weighted by Gasteiger charge is 2.11. The topological polar surface area (TPSA) is 56.1 Å². The Bertz CT molecular complexity index is 813. The third-order valence-corrected chi connectivity index (χ3v) is 5.01. The van der Waals surface area contributed by atoms with E-state index in [9.17, 15) is 0 Å². The molecule has 6 nitrogen and oxygen atoms in total. The maximum absolute atomic E-state index is 5.13. The third-order valence-electron chi connectivity index (χ3n) is 4.00. The van der Waals surface area contributed by atoms with Crippen LogP contribution in [0.2, 0.25) is 0 Å². The Kier molecular flexibility index (Phi) is 5.91. The van der Waals surface area contributed by atoms with Crippen molar-refractivity contribution in [3.8, 4) is 10.6 Å². The molecule has 0 bridgehead atoms. The molecule has 0 saturated heterocycles. The van der Waals surface area contributed by atoms with Gasteiger partial charge in [-0.05, 0) is 19.5 Å². The van der Waals surface area contributed by atoms with Gasteiger partial charge in [0, 0.05) is 36.8 Å². The summed E-state index contributed by atoms with van der Waals surface area (Å²) in [7, 11) is 3.79. The molecule has 0 aliphatic heterocycles. The number of benzene rings is 1. The quantitative estimate of drug-likeness (QED) is 0.620. The van der Waals surface area contributed by atoms with Crippen LogP contribution in [0.4, 0.5) is 0 Å². The van der Waals surface area contributed by atoms with E-state index >= 15 is 0 Å². The van der Waals surface area contributed by atoms with Gasteiger partial charge in [-0.3, -0.25) is 4.90 Å². The van der Waals surface area contributed by atoms with E-state index in [1.165, 1.54) is 16.0 Å². The van der Waals surface area contributed by atoms with Crippen LogP contribution in [0.15, 0.2) is 36.8 Å². The summed E-state index contributed by atoms with van der Waals surface area (Å²) in [6.45, 7) is 5.12. The van der Waals surface area contributed by atoms with Crippen molar-refractivity contribution in [1.82, 2.24) is 24.6 Å². The number of ether oxygens (including phenoxy) is 1. The van der Waals surface area contributed by atoms with E-state index in [0.717, 1.165) is 30.5 Å². The first-order valence-corrected chi connectivity index (χ1v) is 9.04. The van der Waals surface area contributed by atoms with Gasteiger partial charge in [0.25, 0.3) is 0 Å². The fourth-order valence-corrected chi connectivity index (χ4v) is 3.74. The highest BCUT2D eigenvalue weighted by molar-refractivity contribution is 7.15. The van der Waals surface area contributed by atoms with E-state index in [-0.39, 0.29) is 0 Å². The van der Waals surface area contributed by atoms with Crippen molar-refractivity contribution in [2.45, 2.75) is 26.6 Å². The van der Waals surface area contributed by atoms with Gasteiger partial charge in [0.2, 0.25) is 0 Å². The summed E-state index contributed by atoms with van der Waals surface area (Å²) in [5.41, 5.74) is 2.46. The molecule has 3 rings (SSSR count). The Labute approximate surface area is 152 Å². The second-order valence-corrected chi connectivity index (χ2v) is 7.17. The predicted molar refractivity (Wildman–Crippen MR) is 99.4 cm³/mol. The first kappa shape index (κ1) is 17.7. The number of hydrogen-bond donors (Lipinski definition) is 0. The van der Waals surface area contributed by atoms with Crippen LogP contribution in [0, 0.1) is 6.92 Å². The standard InChI is InChI=1S/C18H23N5OS/c1-14-6-4-5-7-16(14)18-19-10-15(25-18)11-22(2)12-17-21-20-13-23(17)8-9-24-3/h4-7,10,13H,8-9,11-12H2,1-3H3. The highest BCUT2D eigenvalue weighted by Crippen LogP contribution is 2.28. The van der Waals surface area contributed by atoms with Gasteiger partial charge in [0.05, 0.1) is 13.2 Å². The fraction of sp³-hybridized carbons (Fsp3) is 0.389. The molecule has 0 radical (unpaired) electrons. The van der Waals surface area contributed by atoms with E-state index in [1.807, 2.05) is 10.8 Å². The number of aromatic nitrogens is 4. The number of rotatable bonds is 8. The lowest BCUT2D eigenvalue weighted by Gasteiger charge is -2.15. The molecule has 0 spiro atoms. The van der Waals surface area contributed by atoms with Crippen LogP contribution >= 0.6 is 11.3 Å². The van der Waals surface area contributed by atoms with E-state index in [2.05, 4.69) is 58.3 Å². The molecule has 25 heavy (non-hydrogen) atoms. The average Bonchev–Trinajstić information content (AvgIpc) is 3.23. The molecule has 0 aliphatic rings. The smallest absolute Gasteiger partial charge is 0.147 e. The average molecular weight is 357 g/mol. The third kappa shape index (κ3) is 4.50. The van der Waals surface area contributed by atoms with Gasteiger partial charge in [0.1, 0.15) is 17.2 Å². The van der Waals surface area contributed by atoms with Crippen LogP contribution in [0.5, 0.6) is 0 Å².